The second-order valence-corrected chi connectivity index (χ2v) is 8.40. The van der Waals surface area contributed by atoms with Gasteiger partial charge in [0, 0.05) is 50.4 Å². The van der Waals surface area contributed by atoms with Gasteiger partial charge in [0.05, 0.1) is 0 Å². The van der Waals surface area contributed by atoms with E-state index in [1.807, 2.05) is 68.0 Å². The Balaban J connectivity index is 1.33. The molecule has 2 fully saturated rings. The zero-order valence-corrected chi connectivity index (χ0v) is 17.7. The molecule has 2 aromatic rings. The molecule has 0 spiro atoms. The van der Waals surface area contributed by atoms with Gasteiger partial charge in [-0.05, 0) is 49.7 Å². The Labute approximate surface area is 178 Å². The molecule has 30 heavy (non-hydrogen) atoms. The lowest BCUT2D eigenvalue weighted by Crippen LogP contribution is -2.46. The first-order chi connectivity index (χ1) is 14.7. The van der Waals surface area contributed by atoms with E-state index >= 15 is 0 Å². The Morgan fingerprint density at radius 1 is 0.600 bits per heavy atom. The van der Waals surface area contributed by atoms with E-state index in [1.165, 1.54) is 12.8 Å². The van der Waals surface area contributed by atoms with Gasteiger partial charge in [-0.2, -0.15) is 9.13 Å². The Morgan fingerprint density at radius 2 is 0.933 bits per heavy atom. The Hall–Kier alpha value is -2.76. The number of carbonyl (C=O) groups excluding carboxylic acids is 2. The van der Waals surface area contributed by atoms with Crippen molar-refractivity contribution in [3.8, 4) is 11.1 Å². The molecule has 4 heterocycles. The van der Waals surface area contributed by atoms with Crippen molar-refractivity contribution < 1.29 is 18.7 Å². The lowest BCUT2D eigenvalue weighted by Gasteiger charge is -2.25. The van der Waals surface area contributed by atoms with E-state index in [9.17, 15) is 9.59 Å². The maximum absolute atomic E-state index is 12.4. The lowest BCUT2D eigenvalue weighted by atomic mass is 10.1. The number of piperidine rings is 2. The first-order valence-corrected chi connectivity index (χ1v) is 11.2. The quantitative estimate of drug-likeness (QED) is 0.710. The van der Waals surface area contributed by atoms with Crippen LogP contribution in [0.25, 0.3) is 11.1 Å². The molecule has 0 aliphatic carbocycles. The molecule has 0 atom stereocenters. The molecular weight excluding hydrogens is 376 g/mol. The monoisotopic (exact) mass is 408 g/mol. The smallest absolute Gasteiger partial charge is 0.288 e. The summed E-state index contributed by atoms with van der Waals surface area (Å²) in [6.07, 6.45) is 14.8. The number of pyridine rings is 2. The largest absolute Gasteiger partial charge is 0.337 e. The van der Waals surface area contributed by atoms with Crippen molar-refractivity contribution >= 4 is 11.8 Å². The van der Waals surface area contributed by atoms with Gasteiger partial charge < -0.3 is 9.80 Å². The molecule has 2 amide bonds. The van der Waals surface area contributed by atoms with E-state index in [0.29, 0.717) is 13.1 Å². The van der Waals surface area contributed by atoms with Crippen LogP contribution in [0.15, 0.2) is 49.1 Å². The van der Waals surface area contributed by atoms with Gasteiger partial charge in [0.1, 0.15) is 0 Å². The van der Waals surface area contributed by atoms with Crippen molar-refractivity contribution in [3.05, 3.63) is 49.1 Å². The molecule has 6 heteroatoms. The first-order valence-electron chi connectivity index (χ1n) is 11.2. The fraction of sp³-hybridized carbons (Fsp3) is 0.500. The average Bonchev–Trinajstić information content (AvgIpc) is 2.81. The van der Waals surface area contributed by atoms with Crippen LogP contribution in [-0.4, -0.2) is 47.8 Å². The highest BCUT2D eigenvalue weighted by Crippen LogP contribution is 2.16. The maximum atomic E-state index is 12.4. The molecule has 0 aromatic carbocycles. The molecule has 158 valence electrons. The Morgan fingerprint density at radius 3 is 1.27 bits per heavy atom. The van der Waals surface area contributed by atoms with E-state index in [-0.39, 0.29) is 11.8 Å². The van der Waals surface area contributed by atoms with Crippen molar-refractivity contribution in [2.75, 3.05) is 26.2 Å². The van der Waals surface area contributed by atoms with Crippen molar-refractivity contribution in [1.29, 1.82) is 0 Å². The summed E-state index contributed by atoms with van der Waals surface area (Å²) in [7, 11) is 0. The Bertz CT molecular complexity index is 778. The maximum Gasteiger partial charge on any atom is 0.288 e. The Kier molecular flexibility index (Phi) is 6.72. The molecule has 0 bridgehead atoms. The fourth-order valence-corrected chi connectivity index (χ4v) is 4.31. The third-order valence-electron chi connectivity index (χ3n) is 6.17. The van der Waals surface area contributed by atoms with Crippen LogP contribution in [0.5, 0.6) is 0 Å². The van der Waals surface area contributed by atoms with Gasteiger partial charge in [-0.15, -0.1) is 0 Å². The van der Waals surface area contributed by atoms with Gasteiger partial charge in [-0.25, -0.2) is 0 Å². The average molecular weight is 409 g/mol. The number of likely N-dealkylation sites (tertiary alicyclic amines) is 2. The van der Waals surface area contributed by atoms with Crippen molar-refractivity contribution in [3.63, 3.8) is 0 Å². The number of hydrogen-bond donors (Lipinski definition) is 0. The van der Waals surface area contributed by atoms with E-state index in [0.717, 1.165) is 63.0 Å². The number of carbonyl (C=O) groups is 2. The molecule has 2 aliphatic rings. The third-order valence-corrected chi connectivity index (χ3v) is 6.17. The van der Waals surface area contributed by atoms with Gasteiger partial charge in [-0.1, -0.05) is 0 Å². The predicted octanol–water partition coefficient (Wildman–Crippen LogP) is 1.95. The minimum atomic E-state index is 0.201. The van der Waals surface area contributed by atoms with Gasteiger partial charge in [-0.3, -0.25) is 9.59 Å². The van der Waals surface area contributed by atoms with Crippen LogP contribution < -0.4 is 9.13 Å². The molecule has 0 unspecified atom stereocenters. The third kappa shape index (κ3) is 5.23. The molecule has 0 radical (unpaired) electrons. The van der Waals surface area contributed by atoms with Gasteiger partial charge in [0.2, 0.25) is 13.1 Å². The number of nitrogens with zero attached hydrogens (tertiary/aromatic N) is 4. The van der Waals surface area contributed by atoms with Crippen LogP contribution in [0.3, 0.4) is 0 Å². The summed E-state index contributed by atoms with van der Waals surface area (Å²) in [5.41, 5.74) is 2.21. The molecule has 2 aromatic heterocycles. The van der Waals surface area contributed by atoms with E-state index < -0.39 is 0 Å². The number of hydrogen-bond acceptors (Lipinski definition) is 2. The number of aromatic nitrogens is 2. The predicted molar refractivity (Wildman–Crippen MR) is 113 cm³/mol. The second-order valence-electron chi connectivity index (χ2n) is 8.40. The summed E-state index contributed by atoms with van der Waals surface area (Å²) in [4.78, 5) is 28.8. The van der Waals surface area contributed by atoms with Crippen LogP contribution in [0.4, 0.5) is 0 Å². The zero-order valence-electron chi connectivity index (χ0n) is 17.7. The highest BCUT2D eigenvalue weighted by molar-refractivity contribution is 5.75. The SMILES string of the molecule is O=C(C[n+]1ccc(-c2cc[n+](CC(=O)N3CCCCC3)cc2)cc1)N1CCCCC1. The van der Waals surface area contributed by atoms with Crippen LogP contribution in [0.1, 0.15) is 38.5 Å². The van der Waals surface area contributed by atoms with E-state index in [1.54, 1.807) is 0 Å². The molecule has 2 aliphatic heterocycles. The van der Waals surface area contributed by atoms with E-state index in [2.05, 4.69) is 0 Å². The van der Waals surface area contributed by atoms with Gasteiger partial charge in [0.15, 0.2) is 24.8 Å². The minimum absolute atomic E-state index is 0.201. The van der Waals surface area contributed by atoms with Crippen molar-refractivity contribution in [2.24, 2.45) is 0 Å². The topological polar surface area (TPSA) is 48.4 Å². The van der Waals surface area contributed by atoms with Crippen LogP contribution >= 0.6 is 0 Å². The van der Waals surface area contributed by atoms with Crippen LogP contribution in [0, 0.1) is 0 Å². The minimum Gasteiger partial charge on any atom is -0.337 e. The highest BCUT2D eigenvalue weighted by Gasteiger charge is 2.21. The van der Waals surface area contributed by atoms with Gasteiger partial charge in [0.25, 0.3) is 11.8 Å². The standard InChI is InChI=1S/C24H32N4O2/c29-23(27-11-3-1-4-12-27)19-25-15-7-21(8-16-25)22-9-17-26(18-10-22)20-24(30)28-13-5-2-6-14-28/h7-10,15-18H,1-6,11-14,19-20H2/q+2. The summed E-state index contributed by atoms with van der Waals surface area (Å²) in [5.74, 6) is 0.401. The molecule has 2 saturated heterocycles. The van der Waals surface area contributed by atoms with Gasteiger partial charge >= 0.3 is 0 Å². The fourth-order valence-electron chi connectivity index (χ4n) is 4.31. The summed E-state index contributed by atoms with van der Waals surface area (Å²) >= 11 is 0. The number of rotatable bonds is 5. The van der Waals surface area contributed by atoms with Crippen molar-refractivity contribution in [2.45, 2.75) is 51.6 Å². The van der Waals surface area contributed by atoms with Crippen LogP contribution in [-0.2, 0) is 22.7 Å². The lowest BCUT2D eigenvalue weighted by molar-refractivity contribution is -0.685. The normalized spacial score (nSPS) is 17.1. The highest BCUT2D eigenvalue weighted by atomic mass is 16.2. The summed E-state index contributed by atoms with van der Waals surface area (Å²) in [6, 6.07) is 8.17. The molecule has 0 saturated carbocycles. The summed E-state index contributed by atoms with van der Waals surface area (Å²) in [5, 5.41) is 0. The molecular formula is C24H32N4O2+2. The zero-order chi connectivity index (χ0) is 20.8. The first kappa shape index (κ1) is 20.5. The second kappa shape index (κ2) is 9.83. The molecule has 6 nitrogen and oxygen atoms in total. The van der Waals surface area contributed by atoms with Crippen molar-refractivity contribution in [1.82, 2.24) is 9.80 Å². The summed E-state index contributed by atoms with van der Waals surface area (Å²) < 4.78 is 3.89. The molecule has 0 N–H and O–H groups in total. The van der Waals surface area contributed by atoms with Crippen LogP contribution in [0.2, 0.25) is 0 Å². The molecule has 4 rings (SSSR count). The van der Waals surface area contributed by atoms with E-state index in [4.69, 9.17) is 0 Å². The number of amides is 2. The summed E-state index contributed by atoms with van der Waals surface area (Å²) in [6.45, 7) is 4.36.